The number of aryl methyl sites for hydroxylation is 1. The van der Waals surface area contributed by atoms with Crippen LogP contribution in [-0.2, 0) is 16.6 Å². The molecule has 0 aliphatic carbocycles. The lowest BCUT2D eigenvalue weighted by molar-refractivity contribution is -0.116. The summed E-state index contributed by atoms with van der Waals surface area (Å²) in [6.07, 6.45) is 4.81. The maximum absolute atomic E-state index is 12.0. The minimum absolute atomic E-state index is 0.127. The Balaban J connectivity index is 1.80. The predicted molar refractivity (Wildman–Crippen MR) is 104 cm³/mol. The standard InChI is InChI=1S/C18H16N4O2S2/c1-13(23)22(15-6-4-3-5-7-15)18-19-14(12-26-18)8-9-16(24)20-17-21(2)10-11-25-17/h3-12H,1-2H3. The maximum Gasteiger partial charge on any atom is 0.272 e. The van der Waals surface area contributed by atoms with Crippen LogP contribution in [0.5, 0.6) is 0 Å². The Morgan fingerprint density at radius 2 is 2.00 bits per heavy atom. The maximum atomic E-state index is 12.0. The van der Waals surface area contributed by atoms with Crippen molar-refractivity contribution in [3.8, 4) is 0 Å². The summed E-state index contributed by atoms with van der Waals surface area (Å²) in [5.74, 6) is -0.485. The number of aromatic nitrogens is 2. The summed E-state index contributed by atoms with van der Waals surface area (Å²) < 4.78 is 1.78. The molecule has 8 heteroatoms. The molecule has 0 saturated carbocycles. The molecule has 2 heterocycles. The first kappa shape index (κ1) is 18.0. The molecule has 3 rings (SSSR count). The van der Waals surface area contributed by atoms with Gasteiger partial charge in [0.25, 0.3) is 5.91 Å². The first-order valence-corrected chi connectivity index (χ1v) is 9.48. The van der Waals surface area contributed by atoms with E-state index >= 15 is 0 Å². The smallest absolute Gasteiger partial charge is 0.272 e. The zero-order chi connectivity index (χ0) is 18.5. The van der Waals surface area contributed by atoms with Crippen LogP contribution in [0.1, 0.15) is 12.6 Å². The number of para-hydroxylation sites is 1. The van der Waals surface area contributed by atoms with Gasteiger partial charge >= 0.3 is 0 Å². The number of carbonyl (C=O) groups excluding carboxylic acids is 2. The molecule has 132 valence electrons. The first-order chi connectivity index (χ1) is 12.5. The Labute approximate surface area is 158 Å². The Morgan fingerprint density at radius 1 is 1.23 bits per heavy atom. The highest BCUT2D eigenvalue weighted by Gasteiger charge is 2.17. The predicted octanol–water partition coefficient (Wildman–Crippen LogP) is 3.37. The van der Waals surface area contributed by atoms with Gasteiger partial charge in [-0.15, -0.1) is 22.7 Å². The van der Waals surface area contributed by atoms with Gasteiger partial charge in [0, 0.05) is 37.0 Å². The number of benzene rings is 1. The van der Waals surface area contributed by atoms with E-state index in [2.05, 4.69) is 9.98 Å². The molecule has 1 aromatic carbocycles. The fraction of sp³-hybridized carbons (Fsp3) is 0.111. The third-order valence-electron chi connectivity index (χ3n) is 3.39. The lowest BCUT2D eigenvalue weighted by Crippen LogP contribution is -2.22. The van der Waals surface area contributed by atoms with Gasteiger partial charge in [-0.05, 0) is 18.2 Å². The number of anilines is 2. The Bertz CT molecular complexity index is 1020. The second kappa shape index (κ2) is 8.03. The van der Waals surface area contributed by atoms with Crippen molar-refractivity contribution in [3.63, 3.8) is 0 Å². The van der Waals surface area contributed by atoms with Crippen LogP contribution in [0.15, 0.2) is 58.4 Å². The highest BCUT2D eigenvalue weighted by Crippen LogP contribution is 2.28. The van der Waals surface area contributed by atoms with Crippen LogP contribution >= 0.6 is 22.7 Å². The summed E-state index contributed by atoms with van der Waals surface area (Å²) in [6.45, 7) is 1.49. The van der Waals surface area contributed by atoms with Crippen LogP contribution in [-0.4, -0.2) is 21.4 Å². The molecule has 26 heavy (non-hydrogen) atoms. The topological polar surface area (TPSA) is 67.6 Å². The van der Waals surface area contributed by atoms with Crippen molar-refractivity contribution >= 4 is 51.4 Å². The molecule has 0 N–H and O–H groups in total. The molecule has 0 atom stereocenters. The Morgan fingerprint density at radius 3 is 2.65 bits per heavy atom. The van der Waals surface area contributed by atoms with E-state index in [-0.39, 0.29) is 11.8 Å². The van der Waals surface area contributed by atoms with E-state index in [9.17, 15) is 9.59 Å². The van der Waals surface area contributed by atoms with E-state index in [1.165, 1.54) is 35.7 Å². The van der Waals surface area contributed by atoms with Crippen molar-refractivity contribution in [1.29, 1.82) is 0 Å². The molecule has 0 aliphatic rings. The third kappa shape index (κ3) is 4.22. The Kier molecular flexibility index (Phi) is 5.55. The number of thiazole rings is 2. The normalized spacial score (nSPS) is 11.8. The third-order valence-corrected chi connectivity index (χ3v) is 5.08. The Hall–Kier alpha value is -2.84. The summed E-state index contributed by atoms with van der Waals surface area (Å²) in [5.41, 5.74) is 1.35. The lowest BCUT2D eigenvalue weighted by atomic mass is 10.3. The highest BCUT2D eigenvalue weighted by molar-refractivity contribution is 7.14. The number of nitrogens with zero attached hydrogens (tertiary/aromatic N) is 4. The molecule has 3 aromatic rings. The van der Waals surface area contributed by atoms with E-state index in [0.717, 1.165) is 5.69 Å². The number of rotatable bonds is 4. The second-order valence-corrected chi connectivity index (χ2v) is 7.03. The van der Waals surface area contributed by atoms with Gasteiger partial charge in [-0.2, -0.15) is 4.99 Å². The zero-order valence-electron chi connectivity index (χ0n) is 14.2. The summed E-state index contributed by atoms with van der Waals surface area (Å²) in [5, 5.41) is 4.21. The van der Waals surface area contributed by atoms with Crippen molar-refractivity contribution in [2.24, 2.45) is 12.0 Å². The van der Waals surface area contributed by atoms with Crippen LogP contribution in [0.25, 0.3) is 6.08 Å². The summed E-state index contributed by atoms with van der Waals surface area (Å²) in [7, 11) is 1.83. The number of hydrogen-bond acceptors (Lipinski definition) is 5. The van der Waals surface area contributed by atoms with Gasteiger partial charge in [-0.1, -0.05) is 18.2 Å². The highest BCUT2D eigenvalue weighted by atomic mass is 32.1. The molecule has 0 bridgehead atoms. The van der Waals surface area contributed by atoms with Crippen molar-refractivity contribution in [1.82, 2.24) is 9.55 Å². The van der Waals surface area contributed by atoms with Crippen LogP contribution in [0.3, 0.4) is 0 Å². The van der Waals surface area contributed by atoms with E-state index in [1.807, 2.05) is 49.0 Å². The van der Waals surface area contributed by atoms with Crippen LogP contribution in [0, 0.1) is 0 Å². The van der Waals surface area contributed by atoms with Crippen LogP contribution in [0.2, 0.25) is 0 Å². The molecule has 0 fully saturated rings. The quantitative estimate of drug-likeness (QED) is 0.648. The summed E-state index contributed by atoms with van der Waals surface area (Å²) >= 11 is 2.73. The SMILES string of the molecule is CC(=O)N(c1ccccc1)c1nc(C=CC(=O)N=c2sccn2C)cs1. The molecular weight excluding hydrogens is 368 g/mol. The van der Waals surface area contributed by atoms with Gasteiger partial charge in [0.05, 0.1) is 11.4 Å². The molecule has 0 aliphatic heterocycles. The lowest BCUT2D eigenvalue weighted by Gasteiger charge is -2.17. The minimum atomic E-state index is -0.357. The summed E-state index contributed by atoms with van der Waals surface area (Å²) in [4.78, 5) is 34.6. The van der Waals surface area contributed by atoms with Crippen molar-refractivity contribution < 1.29 is 9.59 Å². The van der Waals surface area contributed by atoms with Gasteiger partial charge in [0.2, 0.25) is 5.91 Å². The van der Waals surface area contributed by atoms with E-state index in [4.69, 9.17) is 0 Å². The average Bonchev–Trinajstić information content (AvgIpc) is 3.24. The molecule has 0 saturated heterocycles. The monoisotopic (exact) mass is 384 g/mol. The van der Waals surface area contributed by atoms with Gasteiger partial charge in [-0.3, -0.25) is 14.5 Å². The fourth-order valence-electron chi connectivity index (χ4n) is 2.18. The zero-order valence-corrected chi connectivity index (χ0v) is 15.8. The largest absolute Gasteiger partial charge is 0.327 e. The second-order valence-electron chi connectivity index (χ2n) is 5.32. The van der Waals surface area contributed by atoms with Gasteiger partial charge in [0.1, 0.15) is 0 Å². The molecule has 2 aromatic heterocycles. The molecule has 0 spiro atoms. The van der Waals surface area contributed by atoms with Gasteiger partial charge in [0.15, 0.2) is 9.93 Å². The van der Waals surface area contributed by atoms with Gasteiger partial charge < -0.3 is 4.57 Å². The first-order valence-electron chi connectivity index (χ1n) is 7.73. The molecular formula is C18H16N4O2S2. The molecule has 6 nitrogen and oxygen atoms in total. The average molecular weight is 384 g/mol. The van der Waals surface area contributed by atoms with Crippen LogP contribution in [0.4, 0.5) is 10.8 Å². The van der Waals surface area contributed by atoms with Crippen molar-refractivity contribution in [3.05, 3.63) is 63.9 Å². The van der Waals surface area contributed by atoms with E-state index < -0.39 is 0 Å². The van der Waals surface area contributed by atoms with Gasteiger partial charge in [-0.25, -0.2) is 4.98 Å². The van der Waals surface area contributed by atoms with Crippen molar-refractivity contribution in [2.75, 3.05) is 4.90 Å². The van der Waals surface area contributed by atoms with Crippen LogP contribution < -0.4 is 9.70 Å². The number of amides is 2. The number of carbonyl (C=O) groups is 2. The molecule has 2 amide bonds. The van der Waals surface area contributed by atoms with E-state index in [0.29, 0.717) is 15.6 Å². The number of hydrogen-bond donors (Lipinski definition) is 0. The minimum Gasteiger partial charge on any atom is -0.327 e. The van der Waals surface area contributed by atoms with Crippen molar-refractivity contribution in [2.45, 2.75) is 6.92 Å². The van der Waals surface area contributed by atoms with E-state index in [1.54, 1.807) is 20.9 Å². The fourth-order valence-corrected chi connectivity index (χ4v) is 3.77. The summed E-state index contributed by atoms with van der Waals surface area (Å²) in [6, 6.07) is 9.32. The molecule has 0 radical (unpaired) electrons. The molecule has 0 unspecified atom stereocenters.